The Labute approximate surface area is 270 Å². The Hall–Kier alpha value is -3.93. The number of carbonyl (C=O) groups is 2. The summed E-state index contributed by atoms with van der Waals surface area (Å²) in [5, 5.41) is 20.5. The molecule has 246 valence electrons. The molecule has 12 heteroatoms. The lowest BCUT2D eigenvalue weighted by Crippen LogP contribution is -2.53. The number of nitrogens with two attached hydrogens (primary N) is 1. The van der Waals surface area contributed by atoms with Gasteiger partial charge >= 0.3 is 6.09 Å². The molecule has 4 N–H and O–H groups in total. The van der Waals surface area contributed by atoms with Crippen molar-refractivity contribution in [3.05, 3.63) is 81.9 Å². The minimum atomic E-state index is -1.43. The molecule has 0 saturated carbocycles. The fraction of sp³-hybridized carbons (Fsp3) is 0.412. The molecule has 0 bridgehead atoms. The highest BCUT2D eigenvalue weighted by molar-refractivity contribution is 6.34. The van der Waals surface area contributed by atoms with E-state index in [4.69, 9.17) is 31.5 Å². The summed E-state index contributed by atoms with van der Waals surface area (Å²) in [6.45, 7) is 7.89. The van der Waals surface area contributed by atoms with Gasteiger partial charge in [0.2, 0.25) is 5.91 Å². The van der Waals surface area contributed by atoms with Crippen molar-refractivity contribution in [1.82, 2.24) is 4.90 Å². The van der Waals surface area contributed by atoms with Crippen molar-refractivity contribution >= 4 is 23.6 Å². The van der Waals surface area contributed by atoms with E-state index in [9.17, 15) is 19.8 Å². The summed E-state index contributed by atoms with van der Waals surface area (Å²) < 4.78 is 49.8. The van der Waals surface area contributed by atoms with E-state index in [0.717, 1.165) is 6.07 Å². The molecule has 0 radical (unpaired) electrons. The van der Waals surface area contributed by atoms with E-state index in [1.807, 2.05) is 0 Å². The number of aliphatic hydroxyl groups is 2. The lowest BCUT2D eigenvalue weighted by Gasteiger charge is -2.40. The minimum absolute atomic E-state index is 0.00144. The number of primary amides is 1. The van der Waals surface area contributed by atoms with Gasteiger partial charge in [-0.3, -0.25) is 9.69 Å². The summed E-state index contributed by atoms with van der Waals surface area (Å²) in [6, 6.07) is 11.6. The van der Waals surface area contributed by atoms with Gasteiger partial charge in [-0.2, -0.15) is 0 Å². The molecule has 0 spiro atoms. The molecule has 2 heterocycles. The van der Waals surface area contributed by atoms with Gasteiger partial charge in [0, 0.05) is 35.6 Å². The smallest absolute Gasteiger partial charge is 0.410 e. The highest BCUT2D eigenvalue weighted by Gasteiger charge is 2.58. The van der Waals surface area contributed by atoms with E-state index in [-0.39, 0.29) is 54.2 Å². The highest BCUT2D eigenvalue weighted by Crippen LogP contribution is 2.54. The second kappa shape index (κ2) is 12.0. The molecule has 2 aliphatic rings. The summed E-state index contributed by atoms with van der Waals surface area (Å²) in [7, 11) is 0. The van der Waals surface area contributed by atoms with Crippen LogP contribution in [0.1, 0.15) is 62.5 Å². The fourth-order valence-corrected chi connectivity index (χ4v) is 6.51. The zero-order chi connectivity index (χ0) is 33.8. The highest BCUT2D eigenvalue weighted by atomic mass is 35.5. The zero-order valence-corrected chi connectivity index (χ0v) is 27.0. The van der Waals surface area contributed by atoms with Crippen molar-refractivity contribution in [2.45, 2.75) is 76.4 Å². The van der Waals surface area contributed by atoms with Crippen LogP contribution in [-0.2, 0) is 16.8 Å². The first kappa shape index (κ1) is 33.4. The van der Waals surface area contributed by atoms with Crippen molar-refractivity contribution in [3.63, 3.8) is 0 Å². The monoisotopic (exact) mass is 658 g/mol. The Morgan fingerprint density at radius 1 is 1.17 bits per heavy atom. The molecule has 1 saturated heterocycles. The Kier molecular flexibility index (Phi) is 8.74. The first-order chi connectivity index (χ1) is 21.4. The zero-order valence-electron chi connectivity index (χ0n) is 26.2. The Morgan fingerprint density at radius 2 is 1.85 bits per heavy atom. The van der Waals surface area contributed by atoms with Gasteiger partial charge in [0.15, 0.2) is 17.2 Å². The van der Waals surface area contributed by atoms with E-state index in [0.29, 0.717) is 5.56 Å². The number of hydrogen-bond donors (Lipinski definition) is 3. The van der Waals surface area contributed by atoms with E-state index >= 15 is 8.78 Å². The lowest BCUT2D eigenvalue weighted by atomic mass is 9.78. The van der Waals surface area contributed by atoms with Crippen molar-refractivity contribution < 1.29 is 42.8 Å². The number of ether oxygens (including phenoxy) is 3. The Bertz CT molecular complexity index is 1680. The Balaban J connectivity index is 1.74. The third-order valence-electron chi connectivity index (χ3n) is 8.07. The maximum atomic E-state index is 16.3. The molecule has 1 fully saturated rings. The summed E-state index contributed by atoms with van der Waals surface area (Å²) in [5.74, 6) is -3.30. The maximum Gasteiger partial charge on any atom is 0.410 e. The average molecular weight is 659 g/mol. The van der Waals surface area contributed by atoms with E-state index in [1.165, 1.54) is 24.0 Å². The Morgan fingerprint density at radius 3 is 2.46 bits per heavy atom. The molecule has 3 aromatic rings. The fourth-order valence-electron chi connectivity index (χ4n) is 6.25. The van der Waals surface area contributed by atoms with Crippen LogP contribution < -0.4 is 15.2 Å². The second-order valence-electron chi connectivity index (χ2n) is 13.2. The van der Waals surface area contributed by atoms with Gasteiger partial charge in [-0.25, -0.2) is 13.6 Å². The van der Waals surface area contributed by atoms with Crippen molar-refractivity contribution in [1.29, 1.82) is 0 Å². The summed E-state index contributed by atoms with van der Waals surface area (Å²) in [5.41, 5.74) is 2.04. The van der Waals surface area contributed by atoms with Crippen LogP contribution in [0.5, 0.6) is 11.5 Å². The molecule has 2 aliphatic heterocycles. The number of benzene rings is 3. The van der Waals surface area contributed by atoms with Gasteiger partial charge in [-0.15, -0.1) is 0 Å². The van der Waals surface area contributed by atoms with Gasteiger partial charge in [0.05, 0.1) is 34.9 Å². The minimum Gasteiger partial charge on any atom is -0.488 e. The average Bonchev–Trinajstić information content (AvgIpc) is 3.50. The third kappa shape index (κ3) is 6.23. The standard InChI is InChI=1S/C34H37ClF2N2O7/c1-18(40)16-44-23-12-11-20(30(38)41)27(29(23)37)26-21-14-34(19-9-7-6-8-10-19,45-24(21)13-22(36)28(26)35)25-15-33(5,43)17-39(25)31(42)46-32(2,3)4/h6-13,18,25,40,43H,14-17H2,1-5H3,(H2,38,41)/t18-,25?,33?,34?/m0/s1. The molecule has 4 atom stereocenters. The molecule has 2 amide bonds. The maximum absolute atomic E-state index is 16.3. The van der Waals surface area contributed by atoms with Crippen LogP contribution in [0.4, 0.5) is 13.6 Å². The van der Waals surface area contributed by atoms with Crippen molar-refractivity contribution in [2.75, 3.05) is 13.2 Å². The molecular formula is C34H37ClF2N2O7. The SMILES string of the molecule is C[C@H](O)COc1ccc(C(N)=O)c(-c2c(Cl)c(F)cc3c2CC(c2ccccc2)(C2CC(C)(O)CN2C(=O)OC(C)(C)C)O3)c1F. The molecule has 0 aliphatic carbocycles. The third-order valence-corrected chi connectivity index (χ3v) is 8.44. The van der Waals surface area contributed by atoms with Gasteiger partial charge < -0.3 is 30.2 Å². The summed E-state index contributed by atoms with van der Waals surface area (Å²) >= 11 is 6.58. The number of aliphatic hydroxyl groups excluding tert-OH is 1. The lowest BCUT2D eigenvalue weighted by molar-refractivity contribution is -0.0216. The van der Waals surface area contributed by atoms with Gasteiger partial charge in [-0.1, -0.05) is 41.9 Å². The number of nitrogens with zero attached hydrogens (tertiary/aromatic N) is 1. The van der Waals surface area contributed by atoms with Crippen LogP contribution in [0.3, 0.4) is 0 Å². The van der Waals surface area contributed by atoms with E-state index in [2.05, 4.69) is 0 Å². The number of amides is 2. The first-order valence-electron chi connectivity index (χ1n) is 14.8. The van der Waals surface area contributed by atoms with Crippen molar-refractivity contribution in [3.8, 4) is 22.6 Å². The number of hydrogen-bond acceptors (Lipinski definition) is 7. The van der Waals surface area contributed by atoms with Crippen LogP contribution >= 0.6 is 11.6 Å². The molecule has 46 heavy (non-hydrogen) atoms. The number of carbonyl (C=O) groups excluding carboxylic acids is 2. The van der Waals surface area contributed by atoms with Crippen LogP contribution in [0.2, 0.25) is 5.02 Å². The molecule has 5 rings (SSSR count). The van der Waals surface area contributed by atoms with Gasteiger partial charge in [-0.05, 0) is 52.3 Å². The van der Waals surface area contributed by atoms with Crippen LogP contribution in [0, 0.1) is 11.6 Å². The largest absolute Gasteiger partial charge is 0.488 e. The van der Waals surface area contributed by atoms with Gasteiger partial charge in [0.1, 0.15) is 23.8 Å². The quantitative estimate of drug-likeness (QED) is 0.295. The molecular weight excluding hydrogens is 622 g/mol. The predicted octanol–water partition coefficient (Wildman–Crippen LogP) is 5.73. The molecule has 3 unspecified atom stereocenters. The van der Waals surface area contributed by atoms with Crippen molar-refractivity contribution in [2.24, 2.45) is 5.73 Å². The van der Waals surface area contributed by atoms with E-state index < -0.39 is 63.2 Å². The normalized spacial score (nSPS) is 23.1. The summed E-state index contributed by atoms with van der Waals surface area (Å²) in [4.78, 5) is 27.6. The number of halogens is 3. The van der Waals surface area contributed by atoms with Crippen LogP contribution in [0.25, 0.3) is 11.1 Å². The first-order valence-corrected chi connectivity index (χ1v) is 15.2. The number of β-amino-alcohol motifs (C(OH)–C–C–N with tert-alkyl or cyclic N) is 1. The number of rotatable bonds is 7. The number of fused-ring (bicyclic) bond motifs is 1. The molecule has 3 aromatic carbocycles. The summed E-state index contributed by atoms with van der Waals surface area (Å²) in [6.07, 6.45) is -1.63. The molecule has 9 nitrogen and oxygen atoms in total. The number of likely N-dealkylation sites (tertiary alicyclic amines) is 1. The van der Waals surface area contributed by atoms with Gasteiger partial charge in [0.25, 0.3) is 0 Å². The second-order valence-corrected chi connectivity index (χ2v) is 13.6. The van der Waals surface area contributed by atoms with E-state index in [1.54, 1.807) is 58.0 Å². The predicted molar refractivity (Wildman–Crippen MR) is 167 cm³/mol. The van der Waals surface area contributed by atoms with Crippen LogP contribution in [-0.4, -0.2) is 63.6 Å². The molecule has 0 aromatic heterocycles. The van der Waals surface area contributed by atoms with Crippen LogP contribution in [0.15, 0.2) is 48.5 Å². The topological polar surface area (TPSA) is 132 Å².